The number of carbonyl (C=O) groups excluding carboxylic acids is 1. The number of halogens is 1. The quantitative estimate of drug-likeness (QED) is 0.695. The van der Waals surface area contributed by atoms with Crippen molar-refractivity contribution in [3.8, 4) is 0 Å². The van der Waals surface area contributed by atoms with Gasteiger partial charge in [-0.1, -0.05) is 36.8 Å². The zero-order valence-corrected chi connectivity index (χ0v) is 17.0. The van der Waals surface area contributed by atoms with E-state index in [4.69, 9.17) is 0 Å². The van der Waals surface area contributed by atoms with Crippen molar-refractivity contribution in [1.29, 1.82) is 0 Å². The first-order valence-electron chi connectivity index (χ1n) is 9.63. The Morgan fingerprint density at radius 1 is 1.10 bits per heavy atom. The summed E-state index contributed by atoms with van der Waals surface area (Å²) < 4.78 is 40.3. The molecule has 160 valence electrons. The third-order valence-electron chi connectivity index (χ3n) is 5.07. The van der Waals surface area contributed by atoms with Gasteiger partial charge in [0.05, 0.1) is 4.90 Å². The van der Waals surface area contributed by atoms with E-state index in [0.717, 1.165) is 34.1 Å². The lowest BCUT2D eigenvalue weighted by molar-refractivity contribution is -0.142. The number of benzene rings is 2. The number of nitrogens with zero attached hydrogens (tertiary/aromatic N) is 1. The minimum absolute atomic E-state index is 0.0827. The molecule has 1 heterocycles. The Balaban J connectivity index is 1.79. The third-order valence-corrected chi connectivity index (χ3v) is 7.00. The summed E-state index contributed by atoms with van der Waals surface area (Å²) in [6.07, 6.45) is 1.59. The van der Waals surface area contributed by atoms with Crippen LogP contribution in [0.4, 0.5) is 4.39 Å². The van der Waals surface area contributed by atoms with Gasteiger partial charge in [0.15, 0.2) is 0 Å². The molecule has 7 nitrogen and oxygen atoms in total. The summed E-state index contributed by atoms with van der Waals surface area (Å²) in [4.78, 5) is 24.5. The van der Waals surface area contributed by atoms with Crippen molar-refractivity contribution in [2.45, 2.75) is 42.7 Å². The predicted octanol–water partition coefficient (Wildman–Crippen LogP) is 2.18. The minimum atomic E-state index is -4.03. The molecule has 2 aromatic carbocycles. The first-order chi connectivity index (χ1) is 14.3. The van der Waals surface area contributed by atoms with Gasteiger partial charge in [0.25, 0.3) is 0 Å². The number of carbonyl (C=O) groups is 2. The van der Waals surface area contributed by atoms with Crippen molar-refractivity contribution >= 4 is 21.9 Å². The fourth-order valence-electron chi connectivity index (χ4n) is 3.51. The van der Waals surface area contributed by atoms with Crippen LogP contribution in [0.5, 0.6) is 0 Å². The molecule has 1 amide bonds. The average Bonchev–Trinajstić information content (AvgIpc) is 2.74. The number of rotatable bonds is 7. The molecular weight excluding hydrogens is 411 g/mol. The number of aliphatic carboxylic acids is 1. The molecule has 9 heteroatoms. The zero-order chi connectivity index (χ0) is 21.7. The van der Waals surface area contributed by atoms with Crippen LogP contribution in [0.1, 0.15) is 24.8 Å². The second kappa shape index (κ2) is 9.36. The van der Waals surface area contributed by atoms with Crippen LogP contribution in [0.2, 0.25) is 0 Å². The maximum absolute atomic E-state index is 13.2. The van der Waals surface area contributed by atoms with Gasteiger partial charge in [-0.3, -0.25) is 4.79 Å². The predicted molar refractivity (Wildman–Crippen MR) is 108 cm³/mol. The molecule has 0 spiro atoms. The van der Waals surface area contributed by atoms with Gasteiger partial charge < -0.3 is 10.4 Å². The Hall–Kier alpha value is -2.78. The highest BCUT2D eigenvalue weighted by Crippen LogP contribution is 2.26. The van der Waals surface area contributed by atoms with Crippen molar-refractivity contribution in [2.24, 2.45) is 0 Å². The van der Waals surface area contributed by atoms with Gasteiger partial charge in [-0.15, -0.1) is 0 Å². The molecule has 0 radical (unpaired) electrons. The van der Waals surface area contributed by atoms with E-state index in [1.54, 1.807) is 30.3 Å². The smallest absolute Gasteiger partial charge is 0.326 e. The van der Waals surface area contributed by atoms with Gasteiger partial charge in [-0.2, -0.15) is 4.31 Å². The lowest BCUT2D eigenvalue weighted by Crippen LogP contribution is -2.55. The molecule has 0 saturated carbocycles. The highest BCUT2D eigenvalue weighted by Gasteiger charge is 2.38. The molecule has 0 aromatic heterocycles. The molecule has 3 rings (SSSR count). The van der Waals surface area contributed by atoms with E-state index < -0.39 is 39.8 Å². The van der Waals surface area contributed by atoms with E-state index >= 15 is 0 Å². The Labute approximate surface area is 174 Å². The van der Waals surface area contributed by atoms with Gasteiger partial charge in [-0.05, 0) is 42.7 Å². The van der Waals surface area contributed by atoms with Crippen LogP contribution in [0.3, 0.4) is 0 Å². The molecule has 1 saturated heterocycles. The van der Waals surface area contributed by atoms with Crippen LogP contribution in [0, 0.1) is 5.82 Å². The highest BCUT2D eigenvalue weighted by atomic mass is 32.2. The number of hydrogen-bond acceptors (Lipinski definition) is 4. The topological polar surface area (TPSA) is 104 Å². The van der Waals surface area contributed by atoms with E-state index in [2.05, 4.69) is 5.32 Å². The second-order valence-electron chi connectivity index (χ2n) is 7.17. The van der Waals surface area contributed by atoms with E-state index in [9.17, 15) is 27.5 Å². The van der Waals surface area contributed by atoms with Crippen molar-refractivity contribution in [3.05, 3.63) is 66.0 Å². The Morgan fingerprint density at radius 2 is 1.77 bits per heavy atom. The van der Waals surface area contributed by atoms with E-state index in [0.29, 0.717) is 12.8 Å². The minimum Gasteiger partial charge on any atom is -0.480 e. The molecule has 0 unspecified atom stereocenters. The molecule has 30 heavy (non-hydrogen) atoms. The van der Waals surface area contributed by atoms with Crippen LogP contribution < -0.4 is 5.32 Å². The Morgan fingerprint density at radius 3 is 2.40 bits per heavy atom. The highest BCUT2D eigenvalue weighted by molar-refractivity contribution is 7.89. The number of amides is 1. The largest absolute Gasteiger partial charge is 0.480 e. The van der Waals surface area contributed by atoms with Crippen LogP contribution in [-0.4, -0.2) is 48.3 Å². The van der Waals surface area contributed by atoms with Crippen LogP contribution in [-0.2, 0) is 26.0 Å². The molecule has 0 bridgehead atoms. The molecule has 2 aromatic rings. The molecule has 2 atom stereocenters. The second-order valence-corrected chi connectivity index (χ2v) is 9.06. The third kappa shape index (κ3) is 5.03. The fraction of sp³-hybridized carbons (Fsp3) is 0.333. The standard InChI is InChI=1S/C21H23FN2O5S/c22-16-9-11-17(12-10-16)30(28,29)24-13-5-4-8-19(24)20(25)23-18(21(26)27)14-15-6-2-1-3-7-15/h1-3,6-7,9-12,18-19H,4-5,8,13-14H2,(H,23,25)(H,26,27)/t18-,19+/m1/s1. The molecule has 1 aliphatic rings. The summed E-state index contributed by atoms with van der Waals surface area (Å²) in [7, 11) is -4.03. The van der Waals surface area contributed by atoms with Crippen LogP contribution in [0.25, 0.3) is 0 Å². The van der Waals surface area contributed by atoms with Crippen LogP contribution >= 0.6 is 0 Å². The van der Waals surface area contributed by atoms with Gasteiger partial charge in [-0.25, -0.2) is 17.6 Å². The first-order valence-corrected chi connectivity index (χ1v) is 11.1. The van der Waals surface area contributed by atoms with E-state index in [-0.39, 0.29) is 24.3 Å². The molecule has 1 fully saturated rings. The van der Waals surface area contributed by atoms with E-state index in [1.165, 1.54) is 0 Å². The summed E-state index contributed by atoms with van der Waals surface area (Å²) >= 11 is 0. The number of carboxylic acid groups (broad SMARTS) is 1. The van der Waals surface area contributed by atoms with Crippen molar-refractivity contribution in [2.75, 3.05) is 6.54 Å². The van der Waals surface area contributed by atoms with Gasteiger partial charge >= 0.3 is 5.97 Å². The number of piperidine rings is 1. The maximum atomic E-state index is 13.2. The number of hydrogen-bond donors (Lipinski definition) is 2. The fourth-order valence-corrected chi connectivity index (χ4v) is 5.17. The van der Waals surface area contributed by atoms with Crippen molar-refractivity contribution in [3.63, 3.8) is 0 Å². The Kier molecular flexibility index (Phi) is 6.84. The normalized spacial score (nSPS) is 18.5. The number of carboxylic acids is 1. The first kappa shape index (κ1) is 21.9. The molecular formula is C21H23FN2O5S. The number of sulfonamides is 1. The van der Waals surface area contributed by atoms with Crippen molar-refractivity contribution in [1.82, 2.24) is 9.62 Å². The van der Waals surface area contributed by atoms with E-state index in [1.807, 2.05) is 0 Å². The molecule has 1 aliphatic heterocycles. The summed E-state index contributed by atoms with van der Waals surface area (Å²) in [5, 5.41) is 12.0. The average molecular weight is 434 g/mol. The Bertz CT molecular complexity index is 996. The SMILES string of the molecule is O=C(O)[C@@H](Cc1ccccc1)NC(=O)[C@@H]1CCCCN1S(=O)(=O)c1ccc(F)cc1. The van der Waals surface area contributed by atoms with Gasteiger partial charge in [0, 0.05) is 13.0 Å². The van der Waals surface area contributed by atoms with Gasteiger partial charge in [0.2, 0.25) is 15.9 Å². The number of nitrogens with one attached hydrogen (secondary N) is 1. The summed E-state index contributed by atoms with van der Waals surface area (Å²) in [5.74, 6) is -2.41. The van der Waals surface area contributed by atoms with Crippen LogP contribution in [0.15, 0.2) is 59.5 Å². The summed E-state index contributed by atoms with van der Waals surface area (Å²) in [6.45, 7) is 0.133. The molecule has 0 aliphatic carbocycles. The summed E-state index contributed by atoms with van der Waals surface area (Å²) in [6, 6.07) is 11.1. The molecule has 2 N–H and O–H groups in total. The zero-order valence-electron chi connectivity index (χ0n) is 16.2. The monoisotopic (exact) mass is 434 g/mol. The van der Waals surface area contributed by atoms with Gasteiger partial charge in [0.1, 0.15) is 17.9 Å². The maximum Gasteiger partial charge on any atom is 0.326 e. The van der Waals surface area contributed by atoms with Crippen molar-refractivity contribution < 1.29 is 27.5 Å². The lowest BCUT2D eigenvalue weighted by atomic mass is 10.0. The summed E-state index contributed by atoms with van der Waals surface area (Å²) in [5.41, 5.74) is 0.740. The lowest BCUT2D eigenvalue weighted by Gasteiger charge is -2.34.